The fourth-order valence-electron chi connectivity index (χ4n) is 3.33. The van der Waals surface area contributed by atoms with Crippen LogP contribution in [0.15, 0.2) is 43.0 Å². The molecule has 16 heavy (non-hydrogen) atoms. The van der Waals surface area contributed by atoms with Crippen molar-refractivity contribution >= 4 is 5.91 Å². The number of hydrogen-bond acceptors (Lipinski definition) is 1. The standard InChI is InChI=1S/C14H15NO/c1-2-12(16)15-14-8-13(9-14,10-14)11-6-4-3-5-7-11/h2-7H,1,8-10H2,(H,15,16). The van der Waals surface area contributed by atoms with Gasteiger partial charge in [0.25, 0.3) is 0 Å². The van der Waals surface area contributed by atoms with Crippen molar-refractivity contribution in [2.24, 2.45) is 0 Å². The Morgan fingerprint density at radius 1 is 1.25 bits per heavy atom. The van der Waals surface area contributed by atoms with Gasteiger partial charge in [-0.05, 0) is 30.9 Å². The van der Waals surface area contributed by atoms with Crippen molar-refractivity contribution in [3.8, 4) is 0 Å². The highest BCUT2D eigenvalue weighted by molar-refractivity contribution is 5.88. The van der Waals surface area contributed by atoms with Crippen LogP contribution in [0.2, 0.25) is 0 Å². The first kappa shape index (κ1) is 9.64. The van der Waals surface area contributed by atoms with E-state index < -0.39 is 0 Å². The third-order valence-corrected chi connectivity index (χ3v) is 3.99. The molecule has 3 saturated carbocycles. The molecule has 0 atom stereocenters. The smallest absolute Gasteiger partial charge is 0.243 e. The first-order valence-corrected chi connectivity index (χ1v) is 5.68. The number of carbonyl (C=O) groups is 1. The van der Waals surface area contributed by atoms with E-state index in [-0.39, 0.29) is 11.4 Å². The van der Waals surface area contributed by atoms with Crippen LogP contribution in [0.1, 0.15) is 24.8 Å². The van der Waals surface area contributed by atoms with E-state index >= 15 is 0 Å². The number of amides is 1. The molecule has 3 aliphatic carbocycles. The minimum Gasteiger partial charge on any atom is -0.347 e. The van der Waals surface area contributed by atoms with Gasteiger partial charge in [0.2, 0.25) is 5.91 Å². The highest BCUT2D eigenvalue weighted by atomic mass is 16.1. The minimum atomic E-state index is -0.0404. The molecule has 0 radical (unpaired) electrons. The van der Waals surface area contributed by atoms with Crippen molar-refractivity contribution in [3.63, 3.8) is 0 Å². The van der Waals surface area contributed by atoms with Gasteiger partial charge in [0.15, 0.2) is 0 Å². The van der Waals surface area contributed by atoms with E-state index in [9.17, 15) is 4.79 Å². The molecule has 1 amide bonds. The molecule has 0 heterocycles. The van der Waals surface area contributed by atoms with Crippen molar-refractivity contribution in [3.05, 3.63) is 48.6 Å². The Balaban J connectivity index is 1.70. The van der Waals surface area contributed by atoms with E-state index in [1.54, 1.807) is 0 Å². The summed E-state index contributed by atoms with van der Waals surface area (Å²) in [5, 5.41) is 3.05. The predicted octanol–water partition coefficient (Wildman–Crippen LogP) is 2.16. The van der Waals surface area contributed by atoms with E-state index in [2.05, 4.69) is 36.2 Å². The summed E-state index contributed by atoms with van der Waals surface area (Å²) in [6.45, 7) is 3.48. The fourth-order valence-corrected chi connectivity index (χ4v) is 3.33. The molecule has 1 aromatic rings. The van der Waals surface area contributed by atoms with Gasteiger partial charge in [-0.3, -0.25) is 4.79 Å². The Bertz CT molecular complexity index is 429. The third-order valence-electron chi connectivity index (χ3n) is 3.99. The van der Waals surface area contributed by atoms with Crippen LogP contribution in [0.4, 0.5) is 0 Å². The van der Waals surface area contributed by atoms with E-state index in [0.29, 0.717) is 5.41 Å². The molecule has 0 aliphatic heterocycles. The fraction of sp³-hybridized carbons (Fsp3) is 0.357. The van der Waals surface area contributed by atoms with E-state index in [0.717, 1.165) is 19.3 Å². The van der Waals surface area contributed by atoms with Crippen molar-refractivity contribution in [2.45, 2.75) is 30.2 Å². The lowest BCUT2D eigenvalue weighted by Crippen LogP contribution is -2.76. The SMILES string of the molecule is C=CC(=O)NC12CC(c3ccccc3)(C1)C2. The van der Waals surface area contributed by atoms with Crippen molar-refractivity contribution < 1.29 is 4.79 Å². The van der Waals surface area contributed by atoms with Gasteiger partial charge in [0.1, 0.15) is 0 Å². The summed E-state index contributed by atoms with van der Waals surface area (Å²) in [6, 6.07) is 10.6. The predicted molar refractivity (Wildman–Crippen MR) is 63.0 cm³/mol. The highest BCUT2D eigenvalue weighted by Gasteiger charge is 2.68. The van der Waals surface area contributed by atoms with E-state index in [4.69, 9.17) is 0 Å². The minimum absolute atomic E-state index is 0.0404. The Hall–Kier alpha value is -1.57. The maximum Gasteiger partial charge on any atom is 0.243 e. The maximum atomic E-state index is 11.3. The normalized spacial score (nSPS) is 34.5. The molecule has 3 fully saturated rings. The average Bonchev–Trinajstić information content (AvgIpc) is 2.22. The first-order chi connectivity index (χ1) is 7.68. The van der Waals surface area contributed by atoms with E-state index in [1.807, 2.05) is 6.07 Å². The van der Waals surface area contributed by atoms with Gasteiger partial charge >= 0.3 is 0 Å². The third kappa shape index (κ3) is 1.16. The summed E-state index contributed by atoms with van der Waals surface area (Å²) in [7, 11) is 0. The van der Waals surface area contributed by atoms with Crippen molar-refractivity contribution in [1.82, 2.24) is 5.32 Å². The molecule has 1 N–H and O–H groups in total. The molecule has 2 heteroatoms. The average molecular weight is 213 g/mol. The van der Waals surface area contributed by atoms with Gasteiger partial charge < -0.3 is 5.32 Å². The summed E-state index contributed by atoms with van der Waals surface area (Å²) in [5.74, 6) is -0.0404. The molecule has 0 saturated heterocycles. The molecule has 1 aromatic carbocycles. The Morgan fingerprint density at radius 2 is 1.88 bits per heavy atom. The van der Waals surface area contributed by atoms with Crippen LogP contribution in [0.5, 0.6) is 0 Å². The first-order valence-electron chi connectivity index (χ1n) is 5.68. The zero-order chi connectivity index (χ0) is 11.2. The molecule has 3 aliphatic rings. The van der Waals surface area contributed by atoms with Crippen LogP contribution >= 0.6 is 0 Å². The molecule has 0 aromatic heterocycles. The number of rotatable bonds is 3. The summed E-state index contributed by atoms with van der Waals surface area (Å²) in [6.07, 6.45) is 4.62. The summed E-state index contributed by atoms with van der Waals surface area (Å²) in [5.41, 5.74) is 1.86. The van der Waals surface area contributed by atoms with Gasteiger partial charge in [0.05, 0.1) is 0 Å². The van der Waals surface area contributed by atoms with E-state index in [1.165, 1.54) is 11.6 Å². The quantitative estimate of drug-likeness (QED) is 0.766. The molecule has 4 rings (SSSR count). The van der Waals surface area contributed by atoms with Crippen LogP contribution < -0.4 is 5.32 Å². The Kier molecular flexibility index (Phi) is 1.79. The highest BCUT2D eigenvalue weighted by Crippen LogP contribution is 2.67. The molecule has 2 nitrogen and oxygen atoms in total. The monoisotopic (exact) mass is 213 g/mol. The lowest BCUT2D eigenvalue weighted by molar-refractivity contribution is -0.133. The molecule has 2 bridgehead atoms. The van der Waals surface area contributed by atoms with Crippen LogP contribution in [0.3, 0.4) is 0 Å². The number of carbonyl (C=O) groups excluding carboxylic acids is 1. The largest absolute Gasteiger partial charge is 0.347 e. The van der Waals surface area contributed by atoms with Crippen molar-refractivity contribution in [2.75, 3.05) is 0 Å². The summed E-state index contributed by atoms with van der Waals surface area (Å²) < 4.78 is 0. The Morgan fingerprint density at radius 3 is 2.44 bits per heavy atom. The summed E-state index contributed by atoms with van der Waals surface area (Å²) >= 11 is 0. The lowest BCUT2D eigenvalue weighted by atomic mass is 9.37. The molecular weight excluding hydrogens is 198 g/mol. The molecule has 0 spiro atoms. The number of hydrogen-bond donors (Lipinski definition) is 1. The second kappa shape index (κ2) is 2.97. The van der Waals surface area contributed by atoms with Gasteiger partial charge in [-0.15, -0.1) is 0 Å². The zero-order valence-corrected chi connectivity index (χ0v) is 9.20. The topological polar surface area (TPSA) is 29.1 Å². The maximum absolute atomic E-state index is 11.3. The molecular formula is C14H15NO. The second-order valence-corrected chi connectivity index (χ2v) is 5.15. The second-order valence-electron chi connectivity index (χ2n) is 5.15. The number of benzene rings is 1. The van der Waals surface area contributed by atoms with Crippen molar-refractivity contribution in [1.29, 1.82) is 0 Å². The van der Waals surface area contributed by atoms with Crippen LogP contribution in [-0.2, 0) is 10.2 Å². The lowest BCUT2D eigenvalue weighted by Gasteiger charge is -2.71. The van der Waals surface area contributed by atoms with Gasteiger partial charge in [-0.25, -0.2) is 0 Å². The van der Waals surface area contributed by atoms with Gasteiger partial charge in [-0.2, -0.15) is 0 Å². The Labute approximate surface area is 95.4 Å². The molecule has 82 valence electrons. The van der Waals surface area contributed by atoms with Crippen LogP contribution in [0.25, 0.3) is 0 Å². The zero-order valence-electron chi connectivity index (χ0n) is 9.20. The molecule has 0 unspecified atom stereocenters. The van der Waals surface area contributed by atoms with Gasteiger partial charge in [0, 0.05) is 11.0 Å². The van der Waals surface area contributed by atoms with Crippen LogP contribution in [0, 0.1) is 0 Å². The number of nitrogens with one attached hydrogen (secondary N) is 1. The van der Waals surface area contributed by atoms with Crippen LogP contribution in [-0.4, -0.2) is 11.4 Å². The summed E-state index contributed by atoms with van der Waals surface area (Å²) in [4.78, 5) is 11.3. The van der Waals surface area contributed by atoms with Gasteiger partial charge in [-0.1, -0.05) is 36.9 Å².